The number of hydrogen-bond acceptors (Lipinski definition) is 3. The van der Waals surface area contributed by atoms with E-state index < -0.39 is 0 Å². The van der Waals surface area contributed by atoms with Gasteiger partial charge in [-0.05, 0) is 49.7 Å². The third kappa shape index (κ3) is 5.07. The lowest BCUT2D eigenvalue weighted by molar-refractivity contribution is -0.120. The zero-order valence-corrected chi connectivity index (χ0v) is 16.1. The molecule has 3 rings (SSSR count). The SMILES string of the molecule is Cc1cc(C)n(-c2ccc(C(=O)NCCNC(=O)Cc3ccccc3)cc2)n1. The Morgan fingerprint density at radius 1 is 0.929 bits per heavy atom. The lowest BCUT2D eigenvalue weighted by Gasteiger charge is -2.09. The molecule has 0 aliphatic heterocycles. The van der Waals surface area contributed by atoms with E-state index in [1.54, 1.807) is 12.1 Å². The van der Waals surface area contributed by atoms with Crippen LogP contribution in [0, 0.1) is 13.8 Å². The van der Waals surface area contributed by atoms with Gasteiger partial charge in [0.05, 0.1) is 17.8 Å². The monoisotopic (exact) mass is 376 g/mol. The van der Waals surface area contributed by atoms with Crippen molar-refractivity contribution in [3.63, 3.8) is 0 Å². The third-order valence-electron chi connectivity index (χ3n) is 4.32. The van der Waals surface area contributed by atoms with E-state index in [1.807, 2.05) is 67.1 Å². The predicted molar refractivity (Wildman–Crippen MR) is 109 cm³/mol. The average Bonchev–Trinajstić information content (AvgIpc) is 3.04. The van der Waals surface area contributed by atoms with E-state index in [1.165, 1.54) is 0 Å². The summed E-state index contributed by atoms with van der Waals surface area (Å²) in [5.41, 5.74) is 4.44. The molecule has 6 heteroatoms. The van der Waals surface area contributed by atoms with Gasteiger partial charge in [-0.25, -0.2) is 4.68 Å². The molecule has 1 heterocycles. The Bertz CT molecular complexity index is 946. The van der Waals surface area contributed by atoms with Crippen LogP contribution in [0.3, 0.4) is 0 Å². The minimum absolute atomic E-state index is 0.0605. The fourth-order valence-electron chi connectivity index (χ4n) is 2.97. The number of hydrogen-bond donors (Lipinski definition) is 2. The van der Waals surface area contributed by atoms with Gasteiger partial charge in [-0.15, -0.1) is 0 Å². The lowest BCUT2D eigenvalue weighted by Crippen LogP contribution is -2.35. The molecule has 0 fully saturated rings. The molecule has 0 unspecified atom stereocenters. The number of rotatable bonds is 7. The van der Waals surface area contributed by atoms with Crippen LogP contribution < -0.4 is 10.6 Å². The zero-order chi connectivity index (χ0) is 19.9. The number of carbonyl (C=O) groups is 2. The van der Waals surface area contributed by atoms with Crippen molar-refractivity contribution in [1.29, 1.82) is 0 Å². The van der Waals surface area contributed by atoms with Crippen LogP contribution in [-0.4, -0.2) is 34.7 Å². The number of aromatic nitrogens is 2. The molecular weight excluding hydrogens is 352 g/mol. The van der Waals surface area contributed by atoms with Crippen LogP contribution >= 0.6 is 0 Å². The Hall–Kier alpha value is -3.41. The molecule has 0 atom stereocenters. The Labute approximate surface area is 164 Å². The fraction of sp³-hybridized carbons (Fsp3) is 0.227. The Morgan fingerprint density at radius 3 is 2.25 bits per heavy atom. The molecule has 2 amide bonds. The van der Waals surface area contributed by atoms with Crippen LogP contribution in [-0.2, 0) is 11.2 Å². The van der Waals surface area contributed by atoms with Gasteiger partial charge in [-0.1, -0.05) is 30.3 Å². The molecule has 0 radical (unpaired) electrons. The molecule has 6 nitrogen and oxygen atoms in total. The molecule has 144 valence electrons. The molecule has 1 aromatic heterocycles. The van der Waals surface area contributed by atoms with E-state index in [0.29, 0.717) is 25.1 Å². The van der Waals surface area contributed by atoms with Gasteiger partial charge < -0.3 is 10.6 Å². The van der Waals surface area contributed by atoms with Crippen molar-refractivity contribution in [1.82, 2.24) is 20.4 Å². The predicted octanol–water partition coefficient (Wildman–Crippen LogP) is 2.58. The summed E-state index contributed by atoms with van der Waals surface area (Å²) in [6.07, 6.45) is 0.336. The number of carbonyl (C=O) groups excluding carboxylic acids is 2. The van der Waals surface area contributed by atoms with Gasteiger partial charge in [0.15, 0.2) is 0 Å². The van der Waals surface area contributed by atoms with Crippen LogP contribution in [0.5, 0.6) is 0 Å². The van der Waals surface area contributed by atoms with Crippen molar-refractivity contribution in [3.05, 3.63) is 83.2 Å². The minimum Gasteiger partial charge on any atom is -0.354 e. The van der Waals surface area contributed by atoms with Crippen molar-refractivity contribution in [3.8, 4) is 5.69 Å². The number of nitrogens with zero attached hydrogens (tertiary/aromatic N) is 2. The second kappa shape index (κ2) is 8.99. The van der Waals surface area contributed by atoms with Gasteiger partial charge in [-0.3, -0.25) is 9.59 Å². The summed E-state index contributed by atoms with van der Waals surface area (Å²) in [4.78, 5) is 24.1. The second-order valence-electron chi connectivity index (χ2n) is 6.65. The summed E-state index contributed by atoms with van der Waals surface area (Å²) < 4.78 is 1.85. The summed E-state index contributed by atoms with van der Waals surface area (Å²) in [6, 6.07) is 18.9. The summed E-state index contributed by atoms with van der Waals surface area (Å²) in [5.74, 6) is -0.230. The van der Waals surface area contributed by atoms with E-state index in [-0.39, 0.29) is 11.8 Å². The summed E-state index contributed by atoms with van der Waals surface area (Å²) in [5, 5.41) is 10.1. The van der Waals surface area contributed by atoms with Gasteiger partial charge in [0.25, 0.3) is 5.91 Å². The van der Waals surface area contributed by atoms with Gasteiger partial charge >= 0.3 is 0 Å². The molecule has 0 saturated heterocycles. The first kappa shape index (κ1) is 19.4. The van der Waals surface area contributed by atoms with Crippen molar-refractivity contribution < 1.29 is 9.59 Å². The molecule has 0 bridgehead atoms. The van der Waals surface area contributed by atoms with E-state index in [9.17, 15) is 9.59 Å². The Balaban J connectivity index is 1.45. The van der Waals surface area contributed by atoms with E-state index in [2.05, 4.69) is 15.7 Å². The molecule has 0 aliphatic carbocycles. The maximum Gasteiger partial charge on any atom is 0.251 e. The van der Waals surface area contributed by atoms with Gasteiger partial charge in [-0.2, -0.15) is 5.10 Å². The van der Waals surface area contributed by atoms with Crippen molar-refractivity contribution in [2.45, 2.75) is 20.3 Å². The third-order valence-corrected chi connectivity index (χ3v) is 4.32. The van der Waals surface area contributed by atoms with Crippen molar-refractivity contribution in [2.75, 3.05) is 13.1 Å². The molecule has 2 N–H and O–H groups in total. The van der Waals surface area contributed by atoms with Gasteiger partial charge in [0, 0.05) is 24.3 Å². The second-order valence-corrected chi connectivity index (χ2v) is 6.65. The number of amides is 2. The molecular formula is C22H24N4O2. The summed E-state index contributed by atoms with van der Waals surface area (Å²) in [7, 11) is 0. The highest BCUT2D eigenvalue weighted by atomic mass is 16.2. The van der Waals surface area contributed by atoms with Gasteiger partial charge in [0.1, 0.15) is 0 Å². The highest BCUT2D eigenvalue weighted by molar-refractivity contribution is 5.94. The van der Waals surface area contributed by atoms with E-state index >= 15 is 0 Å². The van der Waals surface area contributed by atoms with Crippen molar-refractivity contribution >= 4 is 11.8 Å². The van der Waals surface area contributed by atoms with E-state index in [4.69, 9.17) is 0 Å². The molecule has 2 aromatic carbocycles. The highest BCUT2D eigenvalue weighted by Crippen LogP contribution is 2.13. The smallest absolute Gasteiger partial charge is 0.251 e. The highest BCUT2D eigenvalue weighted by Gasteiger charge is 2.08. The van der Waals surface area contributed by atoms with Crippen molar-refractivity contribution in [2.24, 2.45) is 0 Å². The Kier molecular flexibility index (Phi) is 6.22. The standard InChI is InChI=1S/C22H24N4O2/c1-16-14-17(2)26(25-16)20-10-8-19(9-11-20)22(28)24-13-12-23-21(27)15-18-6-4-3-5-7-18/h3-11,14H,12-13,15H2,1-2H3,(H,23,27)(H,24,28). The molecule has 0 saturated carbocycles. The quantitative estimate of drug-likeness (QED) is 0.622. The first-order valence-corrected chi connectivity index (χ1v) is 9.25. The first-order valence-electron chi connectivity index (χ1n) is 9.25. The number of nitrogens with one attached hydrogen (secondary N) is 2. The fourth-order valence-corrected chi connectivity index (χ4v) is 2.97. The van der Waals surface area contributed by atoms with Gasteiger partial charge in [0.2, 0.25) is 5.91 Å². The summed E-state index contributed by atoms with van der Waals surface area (Å²) >= 11 is 0. The molecule has 0 spiro atoms. The maximum absolute atomic E-state index is 12.3. The van der Waals surface area contributed by atoms with Crippen LogP contribution in [0.15, 0.2) is 60.7 Å². The molecule has 28 heavy (non-hydrogen) atoms. The van der Waals surface area contributed by atoms with Crippen LogP contribution in [0.4, 0.5) is 0 Å². The number of benzene rings is 2. The van der Waals surface area contributed by atoms with Crippen LogP contribution in [0.2, 0.25) is 0 Å². The molecule has 0 aliphatic rings. The van der Waals surface area contributed by atoms with Crippen LogP contribution in [0.1, 0.15) is 27.3 Å². The summed E-state index contributed by atoms with van der Waals surface area (Å²) in [6.45, 7) is 4.70. The maximum atomic E-state index is 12.3. The number of aryl methyl sites for hydroxylation is 2. The zero-order valence-electron chi connectivity index (χ0n) is 16.1. The Morgan fingerprint density at radius 2 is 1.61 bits per heavy atom. The minimum atomic E-state index is -0.169. The molecule has 3 aromatic rings. The first-order chi connectivity index (χ1) is 13.5. The largest absolute Gasteiger partial charge is 0.354 e. The lowest BCUT2D eigenvalue weighted by atomic mass is 10.1. The van der Waals surface area contributed by atoms with E-state index in [0.717, 1.165) is 22.6 Å². The van der Waals surface area contributed by atoms with Crippen LogP contribution in [0.25, 0.3) is 5.69 Å². The normalized spacial score (nSPS) is 10.5. The topological polar surface area (TPSA) is 76.0 Å². The average molecular weight is 376 g/mol.